The van der Waals surface area contributed by atoms with E-state index in [9.17, 15) is 0 Å². The highest BCUT2D eigenvalue weighted by Gasteiger charge is 2.22. The average Bonchev–Trinajstić information content (AvgIpc) is 2.32. The Morgan fingerprint density at radius 2 is 2.47 bits per heavy atom. The minimum absolute atomic E-state index is 0.219. The molecule has 0 aromatic carbocycles. The Morgan fingerprint density at radius 1 is 1.73 bits per heavy atom. The number of nitrogens with two attached hydrogens (primary N) is 1. The van der Waals surface area contributed by atoms with Gasteiger partial charge in [-0.3, -0.25) is 0 Å². The molecule has 2 rings (SSSR count). The molecular weight excluding hydrogens is 214 g/mol. The van der Waals surface area contributed by atoms with Crippen molar-refractivity contribution in [3.8, 4) is 5.75 Å². The molecule has 0 aliphatic carbocycles. The summed E-state index contributed by atoms with van der Waals surface area (Å²) in [7, 11) is 1.86. The van der Waals surface area contributed by atoms with Crippen molar-refractivity contribution in [3.63, 3.8) is 0 Å². The van der Waals surface area contributed by atoms with Gasteiger partial charge in [0.2, 0.25) is 0 Å². The summed E-state index contributed by atoms with van der Waals surface area (Å²) in [5.74, 6) is 1.33. The smallest absolute Gasteiger partial charge is 0.175 e. The number of pyridine rings is 1. The number of anilines is 1. The predicted molar refractivity (Wildman–Crippen MR) is 60.3 cm³/mol. The Labute approximate surface area is 93.3 Å². The lowest BCUT2D eigenvalue weighted by Crippen LogP contribution is -2.34. The van der Waals surface area contributed by atoms with E-state index >= 15 is 0 Å². The number of fused-ring (bicyclic) bond motifs is 1. The van der Waals surface area contributed by atoms with Crippen LogP contribution in [0.25, 0.3) is 0 Å². The molecule has 0 spiro atoms. The third-order valence-corrected chi connectivity index (χ3v) is 2.60. The molecule has 0 bridgehead atoms. The van der Waals surface area contributed by atoms with Gasteiger partial charge in [0.05, 0.1) is 11.1 Å². The summed E-state index contributed by atoms with van der Waals surface area (Å²) in [6, 6.07) is 1.51. The van der Waals surface area contributed by atoms with E-state index in [0.29, 0.717) is 23.2 Å². The Hall–Kier alpha value is -1.26. The van der Waals surface area contributed by atoms with E-state index < -0.39 is 0 Å². The van der Waals surface area contributed by atoms with Crippen LogP contribution in [0.1, 0.15) is 0 Å². The van der Waals surface area contributed by atoms with Crippen LogP contribution < -0.4 is 15.4 Å². The zero-order valence-electron chi connectivity index (χ0n) is 8.40. The molecular formula is C10H12ClN3O. The van der Waals surface area contributed by atoms with Crippen molar-refractivity contribution in [2.45, 2.75) is 6.04 Å². The number of halogens is 1. The highest BCUT2D eigenvalue weighted by molar-refractivity contribution is 6.30. The molecule has 0 saturated heterocycles. The molecule has 1 atom stereocenters. The first-order valence-corrected chi connectivity index (χ1v) is 4.94. The van der Waals surface area contributed by atoms with Gasteiger partial charge in [0.25, 0.3) is 0 Å². The largest absolute Gasteiger partial charge is 0.488 e. The summed E-state index contributed by atoms with van der Waals surface area (Å²) in [5.41, 5.74) is 6.64. The lowest BCUT2D eigenvalue weighted by molar-refractivity contribution is 0.308. The van der Waals surface area contributed by atoms with Crippen molar-refractivity contribution < 1.29 is 4.74 Å². The van der Waals surface area contributed by atoms with Gasteiger partial charge in [-0.05, 0) is 0 Å². The summed E-state index contributed by atoms with van der Waals surface area (Å²) >= 11 is 5.84. The fourth-order valence-corrected chi connectivity index (χ4v) is 1.58. The molecule has 5 heteroatoms. The summed E-state index contributed by atoms with van der Waals surface area (Å²) < 4.78 is 5.51. The van der Waals surface area contributed by atoms with E-state index in [4.69, 9.17) is 22.1 Å². The second kappa shape index (κ2) is 3.72. The third kappa shape index (κ3) is 1.78. The number of ether oxygens (including phenoxy) is 1. The van der Waals surface area contributed by atoms with Crippen molar-refractivity contribution in [1.29, 1.82) is 0 Å². The Morgan fingerprint density at radius 3 is 3.20 bits per heavy atom. The highest BCUT2D eigenvalue weighted by Crippen LogP contribution is 2.32. The predicted octanol–water partition coefficient (Wildman–Crippen LogP) is 1.40. The van der Waals surface area contributed by atoms with E-state index in [2.05, 4.69) is 11.6 Å². The molecule has 0 amide bonds. The van der Waals surface area contributed by atoms with Crippen LogP contribution in [-0.2, 0) is 0 Å². The maximum atomic E-state index is 5.86. The summed E-state index contributed by atoms with van der Waals surface area (Å²) in [5, 5.41) is 0.545. The Kier molecular flexibility index (Phi) is 2.54. The second-order valence-electron chi connectivity index (χ2n) is 3.44. The van der Waals surface area contributed by atoms with Crippen molar-refractivity contribution in [3.05, 3.63) is 29.6 Å². The van der Waals surface area contributed by atoms with Gasteiger partial charge in [-0.1, -0.05) is 18.2 Å². The van der Waals surface area contributed by atoms with E-state index in [1.165, 1.54) is 0 Å². The van der Waals surface area contributed by atoms with Crippen molar-refractivity contribution in [2.24, 2.45) is 5.73 Å². The van der Waals surface area contributed by atoms with Gasteiger partial charge < -0.3 is 15.4 Å². The zero-order chi connectivity index (χ0) is 11.0. The van der Waals surface area contributed by atoms with Gasteiger partial charge in [0, 0.05) is 25.0 Å². The van der Waals surface area contributed by atoms with Gasteiger partial charge in [0.15, 0.2) is 11.6 Å². The third-order valence-electron chi connectivity index (χ3n) is 2.39. The molecule has 1 aliphatic rings. The number of nitrogens with zero attached hydrogens (tertiary/aromatic N) is 2. The number of aromatic nitrogens is 1. The van der Waals surface area contributed by atoms with Crippen LogP contribution in [0.3, 0.4) is 0 Å². The van der Waals surface area contributed by atoms with Crippen molar-refractivity contribution >= 4 is 17.4 Å². The number of likely N-dealkylation sites (N-methyl/N-ethyl adjacent to an activating group) is 1. The van der Waals surface area contributed by atoms with E-state index in [1.807, 2.05) is 11.9 Å². The average molecular weight is 226 g/mol. The van der Waals surface area contributed by atoms with Crippen LogP contribution >= 0.6 is 11.6 Å². The SMILES string of the molecule is C=C1[C@@H](N)COc2cc(Cl)cnc2N1C. The molecule has 0 radical (unpaired) electrons. The first-order valence-electron chi connectivity index (χ1n) is 4.56. The molecule has 2 heterocycles. The lowest BCUT2D eigenvalue weighted by Gasteiger charge is -2.21. The van der Waals surface area contributed by atoms with Gasteiger partial charge in [-0.15, -0.1) is 0 Å². The van der Waals surface area contributed by atoms with Gasteiger partial charge in [-0.2, -0.15) is 0 Å². The zero-order valence-corrected chi connectivity index (χ0v) is 9.16. The van der Waals surface area contributed by atoms with Gasteiger partial charge >= 0.3 is 0 Å². The Balaban J connectivity index is 2.47. The van der Waals surface area contributed by atoms with Gasteiger partial charge in [0.1, 0.15) is 6.61 Å². The molecule has 1 aromatic rings. The maximum absolute atomic E-state index is 5.86. The van der Waals surface area contributed by atoms with Gasteiger partial charge in [-0.25, -0.2) is 4.98 Å². The first-order chi connectivity index (χ1) is 7.09. The number of rotatable bonds is 0. The number of hydrogen-bond donors (Lipinski definition) is 1. The van der Waals surface area contributed by atoms with Crippen LogP contribution in [0.15, 0.2) is 24.5 Å². The minimum Gasteiger partial charge on any atom is -0.488 e. The lowest BCUT2D eigenvalue weighted by atomic mass is 10.2. The summed E-state index contributed by atoms with van der Waals surface area (Å²) in [6.45, 7) is 4.29. The quantitative estimate of drug-likeness (QED) is 0.725. The molecule has 0 unspecified atom stereocenters. The molecule has 0 fully saturated rings. The normalized spacial score (nSPS) is 20.6. The minimum atomic E-state index is -0.219. The molecule has 1 aliphatic heterocycles. The number of hydrogen-bond acceptors (Lipinski definition) is 4. The second-order valence-corrected chi connectivity index (χ2v) is 3.88. The van der Waals surface area contributed by atoms with E-state index in [0.717, 1.165) is 5.70 Å². The topological polar surface area (TPSA) is 51.4 Å². The Bertz CT molecular complexity index is 408. The van der Waals surface area contributed by atoms with E-state index in [-0.39, 0.29) is 6.04 Å². The van der Waals surface area contributed by atoms with Crippen LogP contribution in [0.4, 0.5) is 5.82 Å². The molecule has 1 aromatic heterocycles. The van der Waals surface area contributed by atoms with Crippen LogP contribution in [0, 0.1) is 0 Å². The molecule has 0 saturated carbocycles. The van der Waals surface area contributed by atoms with Crippen LogP contribution in [0.5, 0.6) is 5.75 Å². The summed E-state index contributed by atoms with van der Waals surface area (Å²) in [6.07, 6.45) is 1.57. The molecule has 4 nitrogen and oxygen atoms in total. The van der Waals surface area contributed by atoms with Crippen LogP contribution in [0.2, 0.25) is 5.02 Å². The fourth-order valence-electron chi connectivity index (χ4n) is 1.43. The molecule has 80 valence electrons. The standard InChI is InChI=1S/C10H12ClN3O/c1-6-8(12)5-15-9-3-7(11)4-13-10(9)14(6)2/h3-4,8H,1,5,12H2,2H3/t8-/m0/s1. The molecule has 15 heavy (non-hydrogen) atoms. The van der Waals surface area contributed by atoms with Crippen LogP contribution in [-0.4, -0.2) is 24.7 Å². The van der Waals surface area contributed by atoms with Crippen molar-refractivity contribution in [1.82, 2.24) is 4.98 Å². The summed E-state index contributed by atoms with van der Waals surface area (Å²) in [4.78, 5) is 6.02. The van der Waals surface area contributed by atoms with Crippen molar-refractivity contribution in [2.75, 3.05) is 18.6 Å². The first kappa shape index (κ1) is 10.3. The molecule has 2 N–H and O–H groups in total. The van der Waals surface area contributed by atoms with E-state index in [1.54, 1.807) is 12.3 Å². The highest BCUT2D eigenvalue weighted by atomic mass is 35.5. The monoisotopic (exact) mass is 225 g/mol. The fraction of sp³-hybridized carbons (Fsp3) is 0.300. The maximum Gasteiger partial charge on any atom is 0.175 e.